The summed E-state index contributed by atoms with van der Waals surface area (Å²) in [7, 11) is 0. The minimum Gasteiger partial charge on any atom is -0.337 e. The summed E-state index contributed by atoms with van der Waals surface area (Å²) in [6, 6.07) is 12.4. The van der Waals surface area contributed by atoms with Gasteiger partial charge in [-0.1, -0.05) is 23.7 Å². The Morgan fingerprint density at radius 2 is 2.05 bits per heavy atom. The molecule has 0 aliphatic rings. The second kappa shape index (κ2) is 4.30. The fraction of sp³-hybridized carbons (Fsp3) is 0. The van der Waals surface area contributed by atoms with Gasteiger partial charge in [0.1, 0.15) is 17.2 Å². The van der Waals surface area contributed by atoms with Crippen molar-refractivity contribution >= 4 is 44.1 Å². The van der Waals surface area contributed by atoms with Gasteiger partial charge in [-0.2, -0.15) is 0 Å². The predicted molar refractivity (Wildman–Crippen MR) is 81.9 cm³/mol. The highest BCUT2D eigenvalue weighted by Gasteiger charge is 2.11. The summed E-state index contributed by atoms with van der Waals surface area (Å²) >= 11 is 7.64. The van der Waals surface area contributed by atoms with E-state index in [9.17, 15) is 4.39 Å². The summed E-state index contributed by atoms with van der Waals surface area (Å²) in [6.45, 7) is 0. The molecule has 2 aromatic carbocycles. The maximum absolute atomic E-state index is 13.2. The Morgan fingerprint density at radius 3 is 2.90 bits per heavy atom. The van der Waals surface area contributed by atoms with Gasteiger partial charge in [0.15, 0.2) is 0 Å². The molecule has 98 valence electrons. The van der Waals surface area contributed by atoms with Crippen LogP contribution in [0, 0.1) is 5.82 Å². The first-order valence-electron chi connectivity index (χ1n) is 6.04. The van der Waals surface area contributed by atoms with Gasteiger partial charge in [-0.05, 0) is 35.7 Å². The Bertz CT molecular complexity index is 942. The minimum absolute atomic E-state index is 0.224. The average molecular weight is 303 g/mol. The van der Waals surface area contributed by atoms with Gasteiger partial charge in [-0.15, -0.1) is 11.3 Å². The number of H-pyrrole nitrogens is 1. The molecule has 0 fully saturated rings. The van der Waals surface area contributed by atoms with Crippen LogP contribution in [0.3, 0.4) is 0 Å². The van der Waals surface area contributed by atoms with E-state index in [-0.39, 0.29) is 5.82 Å². The van der Waals surface area contributed by atoms with E-state index >= 15 is 0 Å². The van der Waals surface area contributed by atoms with Crippen molar-refractivity contribution in [1.29, 1.82) is 0 Å². The third kappa shape index (κ3) is 1.80. The Hall–Kier alpha value is -1.91. The average Bonchev–Trinajstić information content (AvgIpc) is 3.01. The third-order valence-electron chi connectivity index (χ3n) is 3.18. The SMILES string of the molecule is Fc1ccc2cc(-c3nc4c(Cl)cccc4[nH]3)sc2c1. The number of hydrogen-bond donors (Lipinski definition) is 1. The smallest absolute Gasteiger partial charge is 0.148 e. The summed E-state index contributed by atoms with van der Waals surface area (Å²) in [5, 5.41) is 1.63. The van der Waals surface area contributed by atoms with Crippen LogP contribution in [0.5, 0.6) is 0 Å². The quantitative estimate of drug-likeness (QED) is 0.512. The number of aromatic nitrogens is 2. The van der Waals surface area contributed by atoms with Crippen LogP contribution in [0.15, 0.2) is 42.5 Å². The van der Waals surface area contributed by atoms with Crippen molar-refractivity contribution < 1.29 is 4.39 Å². The predicted octanol–water partition coefficient (Wildman–Crippen LogP) is 5.24. The van der Waals surface area contributed by atoms with E-state index in [4.69, 9.17) is 11.6 Å². The molecule has 0 amide bonds. The van der Waals surface area contributed by atoms with Crippen molar-refractivity contribution in [3.05, 3.63) is 53.3 Å². The molecule has 2 aromatic heterocycles. The van der Waals surface area contributed by atoms with Crippen molar-refractivity contribution in [3.63, 3.8) is 0 Å². The number of imidazole rings is 1. The van der Waals surface area contributed by atoms with Crippen LogP contribution < -0.4 is 0 Å². The zero-order valence-corrected chi connectivity index (χ0v) is 11.7. The lowest BCUT2D eigenvalue weighted by Crippen LogP contribution is -1.72. The van der Waals surface area contributed by atoms with Gasteiger partial charge >= 0.3 is 0 Å². The summed E-state index contributed by atoms with van der Waals surface area (Å²) in [5.74, 6) is 0.535. The second-order valence-corrected chi connectivity index (χ2v) is 6.01. The molecule has 0 aliphatic heterocycles. The van der Waals surface area contributed by atoms with Crippen molar-refractivity contribution in [2.75, 3.05) is 0 Å². The molecule has 20 heavy (non-hydrogen) atoms. The monoisotopic (exact) mass is 302 g/mol. The second-order valence-electron chi connectivity index (χ2n) is 4.51. The number of rotatable bonds is 1. The number of hydrogen-bond acceptors (Lipinski definition) is 2. The summed E-state index contributed by atoms with van der Waals surface area (Å²) < 4.78 is 14.1. The van der Waals surface area contributed by atoms with E-state index in [2.05, 4.69) is 9.97 Å². The highest BCUT2D eigenvalue weighted by Crippen LogP contribution is 2.34. The Morgan fingerprint density at radius 1 is 1.15 bits per heavy atom. The first-order valence-corrected chi connectivity index (χ1v) is 7.24. The molecule has 2 nitrogen and oxygen atoms in total. The first kappa shape index (κ1) is 11.9. The molecule has 1 N–H and O–H groups in total. The number of para-hydroxylation sites is 1. The molecule has 2 heterocycles. The fourth-order valence-electron chi connectivity index (χ4n) is 2.24. The summed E-state index contributed by atoms with van der Waals surface area (Å²) in [4.78, 5) is 8.75. The Balaban J connectivity index is 1.94. The highest BCUT2D eigenvalue weighted by molar-refractivity contribution is 7.22. The third-order valence-corrected chi connectivity index (χ3v) is 4.59. The van der Waals surface area contributed by atoms with Crippen LogP contribution in [0.25, 0.3) is 31.8 Å². The van der Waals surface area contributed by atoms with Crippen LogP contribution in [0.2, 0.25) is 5.02 Å². The standard InChI is InChI=1S/C15H8ClFN2S/c16-10-2-1-3-11-14(10)19-15(18-11)13-6-8-4-5-9(17)7-12(8)20-13/h1-7H,(H,18,19). The normalized spacial score (nSPS) is 11.5. The van der Waals surface area contributed by atoms with Gasteiger partial charge < -0.3 is 4.98 Å². The molecule has 0 radical (unpaired) electrons. The van der Waals surface area contributed by atoms with Crippen molar-refractivity contribution in [1.82, 2.24) is 9.97 Å². The fourth-order valence-corrected chi connectivity index (χ4v) is 3.48. The molecular formula is C15H8ClFN2S. The summed E-state index contributed by atoms with van der Waals surface area (Å²) in [6.07, 6.45) is 0. The molecule has 4 rings (SSSR count). The van der Waals surface area contributed by atoms with Gasteiger partial charge in [0.05, 0.1) is 15.4 Å². The van der Waals surface area contributed by atoms with Gasteiger partial charge in [-0.25, -0.2) is 9.37 Å². The van der Waals surface area contributed by atoms with E-state index in [1.54, 1.807) is 12.1 Å². The molecular weight excluding hydrogens is 295 g/mol. The molecule has 4 aromatic rings. The minimum atomic E-state index is -0.224. The lowest BCUT2D eigenvalue weighted by Gasteiger charge is -1.88. The zero-order chi connectivity index (χ0) is 13.7. The highest BCUT2D eigenvalue weighted by atomic mass is 35.5. The number of nitrogens with one attached hydrogen (secondary N) is 1. The van der Waals surface area contributed by atoms with Gasteiger partial charge in [0.2, 0.25) is 0 Å². The van der Waals surface area contributed by atoms with E-state index in [1.807, 2.05) is 24.3 Å². The Kier molecular flexibility index (Phi) is 2.55. The molecule has 0 spiro atoms. The van der Waals surface area contributed by atoms with Crippen molar-refractivity contribution in [2.24, 2.45) is 0 Å². The van der Waals surface area contributed by atoms with Crippen LogP contribution in [0.1, 0.15) is 0 Å². The molecule has 0 unspecified atom stereocenters. The van der Waals surface area contributed by atoms with Crippen LogP contribution in [-0.4, -0.2) is 9.97 Å². The molecule has 0 atom stereocenters. The zero-order valence-electron chi connectivity index (χ0n) is 10.2. The summed E-state index contributed by atoms with van der Waals surface area (Å²) in [5.41, 5.74) is 1.66. The topological polar surface area (TPSA) is 28.7 Å². The van der Waals surface area contributed by atoms with Crippen molar-refractivity contribution in [2.45, 2.75) is 0 Å². The number of fused-ring (bicyclic) bond motifs is 2. The number of benzene rings is 2. The van der Waals surface area contributed by atoms with E-state index < -0.39 is 0 Å². The largest absolute Gasteiger partial charge is 0.337 e. The number of aromatic amines is 1. The lowest BCUT2D eigenvalue weighted by molar-refractivity contribution is 0.630. The van der Waals surface area contributed by atoms with Crippen LogP contribution in [-0.2, 0) is 0 Å². The number of thiophene rings is 1. The molecule has 5 heteroatoms. The molecule has 0 aliphatic carbocycles. The molecule has 0 saturated carbocycles. The van der Waals surface area contributed by atoms with Crippen LogP contribution in [0.4, 0.5) is 4.39 Å². The Labute approximate surface area is 122 Å². The van der Waals surface area contributed by atoms with E-state index in [1.165, 1.54) is 17.4 Å². The van der Waals surface area contributed by atoms with Crippen molar-refractivity contribution in [3.8, 4) is 10.7 Å². The van der Waals surface area contributed by atoms with E-state index in [0.29, 0.717) is 5.02 Å². The first-order chi connectivity index (χ1) is 9.70. The van der Waals surface area contributed by atoms with Gasteiger partial charge in [0.25, 0.3) is 0 Å². The molecule has 0 bridgehead atoms. The van der Waals surface area contributed by atoms with E-state index in [0.717, 1.165) is 31.8 Å². The van der Waals surface area contributed by atoms with Gasteiger partial charge in [-0.3, -0.25) is 0 Å². The number of halogens is 2. The maximum atomic E-state index is 13.2. The van der Waals surface area contributed by atoms with Gasteiger partial charge in [0, 0.05) is 4.70 Å². The van der Waals surface area contributed by atoms with Crippen LogP contribution >= 0.6 is 22.9 Å². The molecule has 0 saturated heterocycles. The maximum Gasteiger partial charge on any atom is 0.148 e. The lowest BCUT2D eigenvalue weighted by atomic mass is 10.2. The number of nitrogens with zero attached hydrogens (tertiary/aromatic N) is 1.